The van der Waals surface area contributed by atoms with Crippen molar-refractivity contribution in [2.75, 3.05) is 17.2 Å². The fraction of sp³-hybridized carbons (Fsp3) is 0.290. The number of amidine groups is 1. The molecule has 2 unspecified atom stereocenters. The van der Waals surface area contributed by atoms with Gasteiger partial charge >= 0.3 is 12.4 Å². The van der Waals surface area contributed by atoms with Crippen molar-refractivity contribution in [1.82, 2.24) is 20.1 Å². The van der Waals surface area contributed by atoms with Gasteiger partial charge in [0, 0.05) is 23.5 Å². The van der Waals surface area contributed by atoms with Gasteiger partial charge in [0.15, 0.2) is 11.0 Å². The van der Waals surface area contributed by atoms with Gasteiger partial charge in [0.1, 0.15) is 24.1 Å². The fourth-order valence-electron chi connectivity index (χ4n) is 4.76. The van der Waals surface area contributed by atoms with E-state index in [2.05, 4.69) is 25.1 Å². The minimum atomic E-state index is -4.79. The Morgan fingerprint density at radius 1 is 1.04 bits per heavy atom. The highest BCUT2D eigenvalue weighted by Crippen LogP contribution is 2.33. The highest BCUT2D eigenvalue weighted by molar-refractivity contribution is 8.14. The molecule has 0 bridgehead atoms. The second kappa shape index (κ2) is 13.3. The average molecular weight is 645 g/mol. The van der Waals surface area contributed by atoms with Gasteiger partial charge in [-0.15, -0.1) is 18.3 Å². The Balaban J connectivity index is 1.22. The number of aromatic nitrogens is 3. The molecule has 2 atom stereocenters. The molecule has 45 heavy (non-hydrogen) atoms. The summed E-state index contributed by atoms with van der Waals surface area (Å²) in [7, 11) is 0. The van der Waals surface area contributed by atoms with Crippen molar-refractivity contribution < 1.29 is 31.5 Å². The third-order valence-corrected chi connectivity index (χ3v) is 7.94. The minimum Gasteiger partial charge on any atom is -0.406 e. The number of nitrogens with one attached hydrogen (secondary N) is 1. The SMILES string of the molecule is CC(C)c1cc(F)ccc1N1CCS/C1=N\C(=O)NC(C)C(F)c1ccc(-c2ncn(-c3ccc(OC(F)(F)F)cc3)n2)cc1. The van der Waals surface area contributed by atoms with E-state index in [0.29, 0.717) is 40.1 Å². The maximum Gasteiger partial charge on any atom is 0.573 e. The molecule has 3 aromatic carbocycles. The summed E-state index contributed by atoms with van der Waals surface area (Å²) in [5.74, 6) is 0.393. The van der Waals surface area contributed by atoms with E-state index in [1.165, 1.54) is 59.2 Å². The maximum atomic E-state index is 15.4. The summed E-state index contributed by atoms with van der Waals surface area (Å²) in [5.41, 5.74) is 2.97. The van der Waals surface area contributed by atoms with E-state index < -0.39 is 24.6 Å². The highest BCUT2D eigenvalue weighted by atomic mass is 32.2. The van der Waals surface area contributed by atoms with Gasteiger partial charge < -0.3 is 15.0 Å². The van der Waals surface area contributed by atoms with E-state index in [-0.39, 0.29) is 17.5 Å². The number of carbonyl (C=O) groups is 1. The molecule has 1 aliphatic heterocycles. The molecule has 1 saturated heterocycles. The molecule has 0 spiro atoms. The molecule has 2 heterocycles. The first kappa shape index (κ1) is 31.9. The van der Waals surface area contributed by atoms with Crippen molar-refractivity contribution in [3.8, 4) is 22.8 Å². The molecule has 0 radical (unpaired) electrons. The number of halogens is 5. The predicted molar refractivity (Wildman–Crippen MR) is 163 cm³/mol. The number of ether oxygens (including phenoxy) is 1. The Morgan fingerprint density at radius 3 is 2.42 bits per heavy atom. The third kappa shape index (κ3) is 7.80. The van der Waals surface area contributed by atoms with Crippen LogP contribution in [0.4, 0.5) is 32.4 Å². The topological polar surface area (TPSA) is 84.6 Å². The number of nitrogens with zero attached hydrogens (tertiary/aromatic N) is 5. The standard InChI is InChI=1S/C31H29F5N6O2S/c1-18(2)25-16-22(32)8-13-26(25)41-14-15-45-30(41)39-29(43)38-19(3)27(33)20-4-6-21(7-5-20)28-37-17-42(40-28)23-9-11-24(12-10-23)44-31(34,35)36/h4-13,16-19,27H,14-15H2,1-3H3,(H,38,43)/b39-30-. The first-order chi connectivity index (χ1) is 21.4. The summed E-state index contributed by atoms with van der Waals surface area (Å²) in [6.07, 6.45) is -4.92. The Kier molecular flexibility index (Phi) is 9.42. The largest absolute Gasteiger partial charge is 0.573 e. The monoisotopic (exact) mass is 644 g/mol. The number of thioether (sulfide) groups is 1. The number of carbonyl (C=O) groups excluding carboxylic acids is 1. The number of aliphatic imine (C=N–C) groups is 1. The van der Waals surface area contributed by atoms with Gasteiger partial charge in [0.2, 0.25) is 0 Å². The lowest BCUT2D eigenvalue weighted by Crippen LogP contribution is -2.35. The molecule has 14 heteroatoms. The lowest BCUT2D eigenvalue weighted by molar-refractivity contribution is -0.274. The zero-order valence-corrected chi connectivity index (χ0v) is 25.2. The number of rotatable bonds is 8. The first-order valence-electron chi connectivity index (χ1n) is 14.0. The van der Waals surface area contributed by atoms with E-state index >= 15 is 4.39 Å². The quantitative estimate of drug-likeness (QED) is 0.197. The van der Waals surface area contributed by atoms with Gasteiger partial charge in [-0.2, -0.15) is 4.99 Å². The summed E-state index contributed by atoms with van der Waals surface area (Å²) in [6, 6.07) is 14.5. The van der Waals surface area contributed by atoms with Gasteiger partial charge in [0.25, 0.3) is 0 Å². The van der Waals surface area contributed by atoms with Crippen molar-refractivity contribution in [2.24, 2.45) is 4.99 Å². The van der Waals surface area contributed by atoms with Crippen molar-refractivity contribution in [3.05, 3.63) is 90.0 Å². The maximum absolute atomic E-state index is 15.4. The van der Waals surface area contributed by atoms with Gasteiger partial charge in [0.05, 0.1) is 11.7 Å². The summed E-state index contributed by atoms with van der Waals surface area (Å²) < 4.78 is 71.8. The fourth-order valence-corrected chi connectivity index (χ4v) is 5.71. The van der Waals surface area contributed by atoms with Gasteiger partial charge in [-0.3, -0.25) is 0 Å². The Morgan fingerprint density at radius 2 is 1.76 bits per heavy atom. The van der Waals surface area contributed by atoms with E-state index in [1.54, 1.807) is 37.3 Å². The number of amides is 2. The summed E-state index contributed by atoms with van der Waals surface area (Å²) in [6.45, 7) is 6.08. The number of benzene rings is 3. The van der Waals surface area contributed by atoms with Crippen LogP contribution in [-0.2, 0) is 0 Å². The van der Waals surface area contributed by atoms with E-state index in [9.17, 15) is 22.4 Å². The molecule has 1 aliphatic rings. The lowest BCUT2D eigenvalue weighted by Gasteiger charge is -2.23. The number of alkyl halides is 4. The van der Waals surface area contributed by atoms with Crippen LogP contribution in [0.25, 0.3) is 17.1 Å². The van der Waals surface area contributed by atoms with E-state index in [1.807, 2.05) is 18.7 Å². The van der Waals surface area contributed by atoms with Crippen molar-refractivity contribution >= 4 is 28.6 Å². The summed E-state index contributed by atoms with van der Waals surface area (Å²) in [5, 5.41) is 7.42. The molecular formula is C31H29F5N6O2S. The zero-order chi connectivity index (χ0) is 32.3. The number of anilines is 1. The molecule has 1 aromatic heterocycles. The minimum absolute atomic E-state index is 0.0593. The zero-order valence-electron chi connectivity index (χ0n) is 24.4. The smallest absolute Gasteiger partial charge is 0.406 e. The normalized spacial score (nSPS) is 15.8. The average Bonchev–Trinajstić information content (AvgIpc) is 3.67. The molecule has 2 amide bonds. The molecule has 0 saturated carbocycles. The number of hydrogen-bond acceptors (Lipinski definition) is 5. The van der Waals surface area contributed by atoms with Gasteiger partial charge in [-0.1, -0.05) is 49.9 Å². The molecule has 5 rings (SSSR count). The second-order valence-corrected chi connectivity index (χ2v) is 11.6. The van der Waals surface area contributed by atoms with E-state index in [0.717, 1.165) is 11.3 Å². The van der Waals surface area contributed by atoms with Crippen LogP contribution in [0.2, 0.25) is 0 Å². The number of hydrogen-bond donors (Lipinski definition) is 1. The molecule has 8 nitrogen and oxygen atoms in total. The van der Waals surface area contributed by atoms with Gasteiger partial charge in [-0.25, -0.2) is 23.2 Å². The van der Waals surface area contributed by atoms with Gasteiger partial charge in [-0.05, 0) is 66.4 Å². The van der Waals surface area contributed by atoms with Crippen LogP contribution in [-0.4, -0.2) is 50.7 Å². The van der Waals surface area contributed by atoms with Crippen LogP contribution in [0.5, 0.6) is 5.75 Å². The molecule has 4 aromatic rings. The Labute approximate surface area is 260 Å². The van der Waals surface area contributed by atoms with Crippen LogP contribution in [0, 0.1) is 5.82 Å². The van der Waals surface area contributed by atoms with Crippen molar-refractivity contribution in [1.29, 1.82) is 0 Å². The van der Waals surface area contributed by atoms with Crippen LogP contribution in [0.1, 0.15) is 44.0 Å². The van der Waals surface area contributed by atoms with Crippen LogP contribution in [0.15, 0.2) is 78.0 Å². The Bertz CT molecular complexity index is 1680. The second-order valence-electron chi connectivity index (χ2n) is 10.6. The predicted octanol–water partition coefficient (Wildman–Crippen LogP) is 7.81. The third-order valence-electron chi connectivity index (χ3n) is 6.98. The summed E-state index contributed by atoms with van der Waals surface area (Å²) >= 11 is 1.40. The molecular weight excluding hydrogens is 615 g/mol. The van der Waals surface area contributed by atoms with Crippen LogP contribution in [0.3, 0.4) is 0 Å². The van der Waals surface area contributed by atoms with Crippen LogP contribution >= 0.6 is 11.8 Å². The molecule has 1 fully saturated rings. The molecule has 0 aliphatic carbocycles. The first-order valence-corrected chi connectivity index (χ1v) is 15.0. The Hall–Kier alpha value is -4.46. The highest BCUT2D eigenvalue weighted by Gasteiger charge is 2.31. The van der Waals surface area contributed by atoms with Crippen molar-refractivity contribution in [2.45, 2.75) is 45.3 Å². The lowest BCUT2D eigenvalue weighted by atomic mass is 10.0. The molecule has 236 valence electrons. The summed E-state index contributed by atoms with van der Waals surface area (Å²) in [4.78, 5) is 23.1. The number of urea groups is 1. The van der Waals surface area contributed by atoms with Crippen LogP contribution < -0.4 is 15.0 Å². The van der Waals surface area contributed by atoms with Crippen molar-refractivity contribution in [3.63, 3.8) is 0 Å². The van der Waals surface area contributed by atoms with E-state index in [4.69, 9.17) is 0 Å². The molecule has 1 N–H and O–H groups in total.